The molecule has 0 heterocycles. The first-order valence-electron chi connectivity index (χ1n) is 5.85. The fraction of sp³-hybridized carbons (Fsp3) is 0.538. The Hall–Kier alpha value is -0.810. The average molecular weight is 274 g/mol. The van der Waals surface area contributed by atoms with Crippen molar-refractivity contribution >= 4 is 17.3 Å². The second kappa shape index (κ2) is 8.32. The van der Waals surface area contributed by atoms with E-state index in [-0.39, 0.29) is 6.61 Å². The van der Waals surface area contributed by atoms with E-state index in [1.54, 1.807) is 14.2 Å². The second-order valence-corrected chi connectivity index (χ2v) is 4.31. The van der Waals surface area contributed by atoms with Gasteiger partial charge in [-0.3, -0.25) is 0 Å². The number of hydrogen-bond donors (Lipinski definition) is 1. The Kier molecular flexibility index (Phi) is 7.05. The van der Waals surface area contributed by atoms with Gasteiger partial charge in [-0.1, -0.05) is 17.7 Å². The van der Waals surface area contributed by atoms with Gasteiger partial charge >= 0.3 is 0 Å². The maximum Gasteiger partial charge on any atom is 0.0696 e. The molecule has 4 nitrogen and oxygen atoms in total. The van der Waals surface area contributed by atoms with Gasteiger partial charge in [0.25, 0.3) is 0 Å². The molecule has 0 saturated carbocycles. The summed E-state index contributed by atoms with van der Waals surface area (Å²) >= 11 is 6.09. The largest absolute Gasteiger partial charge is 0.392 e. The minimum atomic E-state index is -0.0464. The molecule has 1 N–H and O–H groups in total. The highest BCUT2D eigenvalue weighted by Gasteiger charge is 2.08. The van der Waals surface area contributed by atoms with E-state index in [1.807, 2.05) is 18.2 Å². The lowest BCUT2D eigenvalue weighted by Crippen LogP contribution is -2.30. The minimum absolute atomic E-state index is 0.0464. The number of halogens is 1. The van der Waals surface area contributed by atoms with Crippen molar-refractivity contribution in [2.45, 2.75) is 6.61 Å². The molecule has 0 atom stereocenters. The molecular formula is C13H20ClNO3. The van der Waals surface area contributed by atoms with E-state index in [9.17, 15) is 0 Å². The van der Waals surface area contributed by atoms with Crippen molar-refractivity contribution in [3.05, 3.63) is 28.8 Å². The van der Waals surface area contributed by atoms with Crippen LogP contribution in [0.1, 0.15) is 5.56 Å². The Morgan fingerprint density at radius 1 is 1.17 bits per heavy atom. The van der Waals surface area contributed by atoms with E-state index < -0.39 is 0 Å². The lowest BCUT2D eigenvalue weighted by atomic mass is 10.2. The number of hydrogen-bond acceptors (Lipinski definition) is 4. The molecule has 0 unspecified atom stereocenters. The van der Waals surface area contributed by atoms with Crippen LogP contribution in [-0.4, -0.2) is 45.6 Å². The van der Waals surface area contributed by atoms with Crippen LogP contribution in [0.4, 0.5) is 5.69 Å². The Morgan fingerprint density at radius 3 is 2.22 bits per heavy atom. The van der Waals surface area contributed by atoms with Gasteiger partial charge in [-0.15, -0.1) is 0 Å². The number of anilines is 1. The Balaban J connectivity index is 2.79. The summed E-state index contributed by atoms with van der Waals surface area (Å²) in [5.41, 5.74) is 1.74. The number of nitrogens with zero attached hydrogens (tertiary/aromatic N) is 1. The van der Waals surface area contributed by atoms with Crippen molar-refractivity contribution in [2.24, 2.45) is 0 Å². The molecule has 0 bridgehead atoms. The highest BCUT2D eigenvalue weighted by molar-refractivity contribution is 6.31. The molecule has 102 valence electrons. The van der Waals surface area contributed by atoms with E-state index >= 15 is 0 Å². The highest BCUT2D eigenvalue weighted by atomic mass is 35.5. The van der Waals surface area contributed by atoms with Gasteiger partial charge in [0.2, 0.25) is 0 Å². The van der Waals surface area contributed by atoms with E-state index in [0.29, 0.717) is 18.2 Å². The van der Waals surface area contributed by atoms with Gasteiger partial charge in [0.15, 0.2) is 0 Å². The number of aliphatic hydroxyl groups is 1. The molecule has 0 amide bonds. The average Bonchev–Trinajstić information content (AvgIpc) is 2.39. The third-order valence-corrected chi connectivity index (χ3v) is 3.05. The van der Waals surface area contributed by atoms with Crippen molar-refractivity contribution in [1.29, 1.82) is 0 Å². The normalized spacial score (nSPS) is 10.7. The predicted molar refractivity (Wildman–Crippen MR) is 73.3 cm³/mol. The van der Waals surface area contributed by atoms with Crippen molar-refractivity contribution in [2.75, 3.05) is 45.4 Å². The van der Waals surface area contributed by atoms with Crippen molar-refractivity contribution in [3.63, 3.8) is 0 Å². The molecule has 18 heavy (non-hydrogen) atoms. The zero-order valence-corrected chi connectivity index (χ0v) is 11.6. The van der Waals surface area contributed by atoms with E-state index in [2.05, 4.69) is 4.90 Å². The second-order valence-electron chi connectivity index (χ2n) is 3.91. The van der Waals surface area contributed by atoms with Gasteiger partial charge in [-0.25, -0.2) is 0 Å². The van der Waals surface area contributed by atoms with Gasteiger partial charge < -0.3 is 19.5 Å². The predicted octanol–water partition coefficient (Wildman–Crippen LogP) is 1.93. The molecule has 0 fully saturated rings. The molecule has 0 saturated heterocycles. The van der Waals surface area contributed by atoms with Crippen molar-refractivity contribution < 1.29 is 14.6 Å². The Bertz CT molecular complexity index is 352. The van der Waals surface area contributed by atoms with Crippen LogP contribution in [0.2, 0.25) is 5.02 Å². The van der Waals surface area contributed by atoms with Gasteiger partial charge in [0.05, 0.1) is 19.8 Å². The van der Waals surface area contributed by atoms with Gasteiger partial charge in [0.1, 0.15) is 0 Å². The summed E-state index contributed by atoms with van der Waals surface area (Å²) < 4.78 is 10.2. The summed E-state index contributed by atoms with van der Waals surface area (Å²) in [4.78, 5) is 2.14. The maximum atomic E-state index is 9.09. The monoisotopic (exact) mass is 273 g/mol. The number of ether oxygens (including phenoxy) is 2. The smallest absolute Gasteiger partial charge is 0.0696 e. The van der Waals surface area contributed by atoms with Crippen LogP contribution in [0.5, 0.6) is 0 Å². The summed E-state index contributed by atoms with van der Waals surface area (Å²) in [7, 11) is 3.35. The quantitative estimate of drug-likeness (QED) is 0.786. The highest BCUT2D eigenvalue weighted by Crippen LogP contribution is 2.23. The van der Waals surface area contributed by atoms with Crippen LogP contribution in [0.25, 0.3) is 0 Å². The minimum Gasteiger partial charge on any atom is -0.392 e. The number of rotatable bonds is 8. The lowest BCUT2D eigenvalue weighted by Gasteiger charge is -2.24. The van der Waals surface area contributed by atoms with Crippen LogP contribution in [-0.2, 0) is 16.1 Å². The van der Waals surface area contributed by atoms with Crippen molar-refractivity contribution in [1.82, 2.24) is 0 Å². The summed E-state index contributed by atoms with van der Waals surface area (Å²) in [6.07, 6.45) is 0. The number of methoxy groups -OCH3 is 2. The zero-order valence-electron chi connectivity index (χ0n) is 10.9. The van der Waals surface area contributed by atoms with E-state index in [4.69, 9.17) is 26.2 Å². The van der Waals surface area contributed by atoms with Crippen LogP contribution >= 0.6 is 11.6 Å². The van der Waals surface area contributed by atoms with Gasteiger partial charge in [-0.2, -0.15) is 0 Å². The molecular weight excluding hydrogens is 254 g/mol. The fourth-order valence-corrected chi connectivity index (χ4v) is 1.87. The first-order valence-corrected chi connectivity index (χ1v) is 6.22. The molecule has 5 heteroatoms. The van der Waals surface area contributed by atoms with E-state index in [1.165, 1.54) is 0 Å². The van der Waals surface area contributed by atoms with Crippen LogP contribution in [0.3, 0.4) is 0 Å². The Morgan fingerprint density at radius 2 is 1.78 bits per heavy atom. The summed E-state index contributed by atoms with van der Waals surface area (Å²) in [6, 6.07) is 5.64. The number of aliphatic hydroxyl groups excluding tert-OH is 1. The molecule has 0 spiro atoms. The maximum absolute atomic E-state index is 9.09. The van der Waals surface area contributed by atoms with Crippen LogP contribution in [0, 0.1) is 0 Å². The first-order chi connectivity index (χ1) is 8.72. The van der Waals surface area contributed by atoms with Gasteiger partial charge in [-0.05, 0) is 17.7 Å². The van der Waals surface area contributed by atoms with E-state index in [0.717, 1.165) is 24.3 Å². The Labute approximate surface area is 113 Å². The van der Waals surface area contributed by atoms with Crippen LogP contribution in [0.15, 0.2) is 18.2 Å². The fourth-order valence-electron chi connectivity index (χ4n) is 1.63. The molecule has 1 aromatic carbocycles. The first kappa shape index (κ1) is 15.2. The van der Waals surface area contributed by atoms with Gasteiger partial charge in [0, 0.05) is 38.0 Å². The molecule has 0 radical (unpaired) electrons. The third-order valence-electron chi connectivity index (χ3n) is 2.70. The molecule has 0 aromatic heterocycles. The SMILES string of the molecule is COCCN(CCOC)c1ccc(CO)c(Cl)c1. The van der Waals surface area contributed by atoms with Crippen LogP contribution < -0.4 is 4.90 Å². The molecule has 1 aromatic rings. The lowest BCUT2D eigenvalue weighted by molar-refractivity contribution is 0.190. The molecule has 0 aliphatic rings. The standard InChI is InChI=1S/C13H20ClNO3/c1-17-7-5-15(6-8-18-2)12-4-3-11(10-16)13(14)9-12/h3-4,9,16H,5-8,10H2,1-2H3. The summed E-state index contributed by atoms with van der Waals surface area (Å²) in [6.45, 7) is 2.78. The molecule has 0 aliphatic heterocycles. The third kappa shape index (κ3) is 4.46. The zero-order chi connectivity index (χ0) is 13.4. The van der Waals surface area contributed by atoms with Crippen molar-refractivity contribution in [3.8, 4) is 0 Å². The summed E-state index contributed by atoms with van der Waals surface area (Å²) in [5, 5.41) is 9.67. The topological polar surface area (TPSA) is 41.9 Å². The number of benzene rings is 1. The molecule has 1 rings (SSSR count). The molecule has 0 aliphatic carbocycles. The summed E-state index contributed by atoms with van der Waals surface area (Å²) in [5.74, 6) is 0.